The SMILES string of the molecule is C=C(C)[C@@H]1CC[C@]2(C(=O)N(C)OC)CC[C@]3(C)[C@H](CC[C@@H]4[C@@]5(C)CC[C@H](OC(=O)CC(C)(C)CC(=O)O)C(C)(C)[C@@H]5CC[C@]43C)[C@@H]12. The monoisotopic (exact) mass is 641 g/mol. The standard InChI is InChI=1S/C39H63NO6/c1-24(2)25-14-19-39(33(44)40(10)45-11)21-20-37(8)26(32(25)39)12-13-28-36(7)17-16-29(35(5,6)27(36)15-18-38(28,37)9)46-31(43)23-34(3,4)22-30(41)42/h25-29,32H,1,12-23H2,2-11H3,(H,41,42)/t25-,26+,27-,28+,29-,32+,36-,37+,38+,39-/m0/s1. The third-order valence-corrected chi connectivity index (χ3v) is 15.5. The lowest BCUT2D eigenvalue weighted by molar-refractivity contribution is -0.252. The van der Waals surface area contributed by atoms with Crippen molar-refractivity contribution in [3.05, 3.63) is 12.2 Å². The zero-order valence-electron chi connectivity index (χ0n) is 30.6. The predicted octanol–water partition coefficient (Wildman–Crippen LogP) is 8.47. The Morgan fingerprint density at radius 1 is 0.870 bits per heavy atom. The number of carbonyl (C=O) groups is 3. The van der Waals surface area contributed by atoms with Crippen LogP contribution in [-0.4, -0.2) is 48.3 Å². The summed E-state index contributed by atoms with van der Waals surface area (Å²) in [5.41, 5.74) is 0.477. The molecule has 0 bridgehead atoms. The van der Waals surface area contributed by atoms with Crippen LogP contribution in [0, 0.1) is 62.1 Å². The van der Waals surface area contributed by atoms with Gasteiger partial charge in [0.05, 0.1) is 25.4 Å². The van der Waals surface area contributed by atoms with E-state index in [0.29, 0.717) is 29.6 Å². The van der Waals surface area contributed by atoms with Crippen LogP contribution < -0.4 is 0 Å². The summed E-state index contributed by atoms with van der Waals surface area (Å²) in [6.07, 6.45) is 10.3. The molecule has 5 saturated carbocycles. The minimum Gasteiger partial charge on any atom is -0.481 e. The van der Waals surface area contributed by atoms with Gasteiger partial charge < -0.3 is 9.84 Å². The summed E-state index contributed by atoms with van der Waals surface area (Å²) in [6, 6.07) is 0. The number of carboxylic acid groups (broad SMARTS) is 1. The minimum absolute atomic E-state index is 0.0524. The highest BCUT2D eigenvalue weighted by molar-refractivity contribution is 5.83. The van der Waals surface area contributed by atoms with Crippen molar-refractivity contribution in [3.63, 3.8) is 0 Å². The Balaban J connectivity index is 1.41. The Morgan fingerprint density at radius 3 is 2.15 bits per heavy atom. The number of carbonyl (C=O) groups excluding carboxylic acids is 2. The maximum Gasteiger partial charge on any atom is 0.306 e. The number of rotatable bonds is 8. The molecule has 1 amide bonds. The molecule has 10 atom stereocenters. The van der Waals surface area contributed by atoms with Crippen molar-refractivity contribution in [1.29, 1.82) is 0 Å². The van der Waals surface area contributed by atoms with E-state index >= 15 is 0 Å². The van der Waals surface area contributed by atoms with Crippen LogP contribution in [0.4, 0.5) is 0 Å². The Kier molecular flexibility index (Phi) is 8.95. The summed E-state index contributed by atoms with van der Waals surface area (Å²) in [4.78, 5) is 44.1. The van der Waals surface area contributed by atoms with E-state index in [1.165, 1.54) is 17.1 Å². The molecular weight excluding hydrogens is 578 g/mol. The molecule has 0 aromatic carbocycles. The first-order valence-corrected chi connectivity index (χ1v) is 18.1. The Bertz CT molecular complexity index is 1260. The highest BCUT2D eigenvalue weighted by Crippen LogP contribution is 2.77. The number of amides is 1. The van der Waals surface area contributed by atoms with Crippen LogP contribution in [0.15, 0.2) is 12.2 Å². The van der Waals surface area contributed by atoms with Gasteiger partial charge >= 0.3 is 11.9 Å². The van der Waals surface area contributed by atoms with Crippen LogP contribution in [0.1, 0.15) is 132 Å². The molecule has 260 valence electrons. The van der Waals surface area contributed by atoms with E-state index in [1.54, 1.807) is 14.2 Å². The summed E-state index contributed by atoms with van der Waals surface area (Å²) >= 11 is 0. The molecule has 7 nitrogen and oxygen atoms in total. The maximum atomic E-state index is 14.1. The van der Waals surface area contributed by atoms with Crippen LogP contribution in [0.5, 0.6) is 0 Å². The van der Waals surface area contributed by atoms with Gasteiger partial charge in [0.1, 0.15) is 6.10 Å². The number of ether oxygens (including phenoxy) is 1. The second-order valence-electron chi connectivity index (χ2n) is 18.6. The number of esters is 1. The van der Waals surface area contributed by atoms with Gasteiger partial charge in [0.25, 0.3) is 5.91 Å². The number of allylic oxidation sites excluding steroid dienone is 1. The molecule has 5 aliphatic carbocycles. The number of fused-ring (bicyclic) bond motifs is 7. The Labute approximate surface area is 278 Å². The van der Waals surface area contributed by atoms with Gasteiger partial charge in [-0.2, -0.15) is 0 Å². The quantitative estimate of drug-likeness (QED) is 0.162. The number of hydrogen-bond acceptors (Lipinski definition) is 5. The van der Waals surface area contributed by atoms with Gasteiger partial charge in [-0.15, -0.1) is 0 Å². The highest BCUT2D eigenvalue weighted by atomic mass is 16.7. The molecule has 46 heavy (non-hydrogen) atoms. The molecule has 7 heteroatoms. The van der Waals surface area contributed by atoms with Gasteiger partial charge in [-0.25, -0.2) is 5.06 Å². The molecular formula is C39H63NO6. The molecule has 5 rings (SSSR count). The molecule has 0 unspecified atom stereocenters. The lowest BCUT2D eigenvalue weighted by atomic mass is 9.32. The largest absolute Gasteiger partial charge is 0.481 e. The summed E-state index contributed by atoms with van der Waals surface area (Å²) in [5, 5.41) is 10.8. The third-order valence-electron chi connectivity index (χ3n) is 15.5. The second-order valence-corrected chi connectivity index (χ2v) is 18.6. The van der Waals surface area contributed by atoms with Crippen molar-refractivity contribution in [1.82, 2.24) is 5.06 Å². The predicted molar refractivity (Wildman–Crippen MR) is 179 cm³/mol. The first-order chi connectivity index (χ1) is 21.2. The van der Waals surface area contributed by atoms with Crippen molar-refractivity contribution < 1.29 is 29.1 Å². The van der Waals surface area contributed by atoms with Crippen LogP contribution >= 0.6 is 0 Å². The molecule has 0 spiro atoms. The Hall–Kier alpha value is -1.89. The molecule has 0 aliphatic heterocycles. The van der Waals surface area contributed by atoms with Crippen molar-refractivity contribution >= 4 is 17.8 Å². The first-order valence-electron chi connectivity index (χ1n) is 18.1. The number of nitrogens with zero attached hydrogens (tertiary/aromatic N) is 1. The van der Waals surface area contributed by atoms with Crippen LogP contribution in [0.3, 0.4) is 0 Å². The van der Waals surface area contributed by atoms with E-state index in [4.69, 9.17) is 9.57 Å². The number of aliphatic carboxylic acids is 1. The fourth-order valence-corrected chi connectivity index (χ4v) is 13.2. The highest BCUT2D eigenvalue weighted by Gasteiger charge is 2.72. The maximum absolute atomic E-state index is 14.1. The molecule has 0 heterocycles. The smallest absolute Gasteiger partial charge is 0.306 e. The van der Waals surface area contributed by atoms with Crippen LogP contribution in [-0.2, 0) is 24.0 Å². The van der Waals surface area contributed by atoms with Crippen molar-refractivity contribution in [3.8, 4) is 0 Å². The number of hydrogen-bond donors (Lipinski definition) is 1. The molecule has 0 aromatic rings. The average Bonchev–Trinajstić information content (AvgIpc) is 3.34. The third kappa shape index (κ3) is 5.19. The van der Waals surface area contributed by atoms with E-state index < -0.39 is 11.4 Å². The summed E-state index contributed by atoms with van der Waals surface area (Å²) < 4.78 is 6.24. The topological polar surface area (TPSA) is 93.1 Å². The molecule has 1 N–H and O–H groups in total. The van der Waals surface area contributed by atoms with Gasteiger partial charge in [-0.05, 0) is 122 Å². The molecule has 0 aromatic heterocycles. The second kappa shape index (κ2) is 11.6. The Morgan fingerprint density at radius 2 is 1.54 bits per heavy atom. The van der Waals surface area contributed by atoms with Crippen molar-refractivity contribution in [2.75, 3.05) is 14.2 Å². The van der Waals surface area contributed by atoms with Gasteiger partial charge in [0.2, 0.25) is 0 Å². The van der Waals surface area contributed by atoms with E-state index in [0.717, 1.165) is 57.8 Å². The van der Waals surface area contributed by atoms with Gasteiger partial charge in [-0.3, -0.25) is 19.2 Å². The fraction of sp³-hybridized carbons (Fsp3) is 0.872. The van der Waals surface area contributed by atoms with E-state index in [9.17, 15) is 19.5 Å². The van der Waals surface area contributed by atoms with E-state index in [2.05, 4.69) is 48.1 Å². The van der Waals surface area contributed by atoms with Crippen molar-refractivity contribution in [2.45, 2.75) is 139 Å². The average molecular weight is 642 g/mol. The van der Waals surface area contributed by atoms with Crippen molar-refractivity contribution in [2.24, 2.45) is 62.1 Å². The molecule has 0 saturated heterocycles. The zero-order valence-corrected chi connectivity index (χ0v) is 30.6. The lowest BCUT2D eigenvalue weighted by Gasteiger charge is -2.73. The van der Waals surface area contributed by atoms with Crippen LogP contribution in [0.25, 0.3) is 0 Å². The molecule has 5 fully saturated rings. The molecule has 0 radical (unpaired) electrons. The lowest BCUT2D eigenvalue weighted by Crippen LogP contribution is -2.67. The minimum atomic E-state index is -0.888. The molecule has 5 aliphatic rings. The normalized spacial score (nSPS) is 42.9. The van der Waals surface area contributed by atoms with Gasteiger partial charge in [-0.1, -0.05) is 60.6 Å². The zero-order chi connectivity index (χ0) is 34.3. The first kappa shape index (κ1) is 35.4. The number of carboxylic acids is 1. The number of hydroxylamine groups is 2. The van der Waals surface area contributed by atoms with Crippen LogP contribution in [0.2, 0.25) is 0 Å². The van der Waals surface area contributed by atoms with Gasteiger partial charge in [0.15, 0.2) is 0 Å². The van der Waals surface area contributed by atoms with E-state index in [1.807, 2.05) is 13.8 Å². The summed E-state index contributed by atoms with van der Waals surface area (Å²) in [7, 11) is 3.38. The van der Waals surface area contributed by atoms with Gasteiger partial charge in [0, 0.05) is 12.5 Å². The van der Waals surface area contributed by atoms with E-state index in [-0.39, 0.29) is 57.9 Å². The summed E-state index contributed by atoms with van der Waals surface area (Å²) in [6.45, 7) is 22.7. The fourth-order valence-electron chi connectivity index (χ4n) is 13.2. The summed E-state index contributed by atoms with van der Waals surface area (Å²) in [5.74, 6) is 1.15.